The summed E-state index contributed by atoms with van der Waals surface area (Å²) in [5.74, 6) is -1.54. The summed E-state index contributed by atoms with van der Waals surface area (Å²) < 4.78 is 0. The SMILES string of the molecule is CCC(CC)(CC(=O)O)NC(=O)CC1Sc2ccc(Cl)cc2NC1=O. The maximum atomic E-state index is 12.4. The van der Waals surface area contributed by atoms with Gasteiger partial charge in [0, 0.05) is 21.9 Å². The van der Waals surface area contributed by atoms with E-state index in [1.807, 2.05) is 13.8 Å². The van der Waals surface area contributed by atoms with E-state index in [1.165, 1.54) is 11.8 Å². The van der Waals surface area contributed by atoms with Crippen molar-refractivity contribution in [1.29, 1.82) is 0 Å². The van der Waals surface area contributed by atoms with Crippen molar-refractivity contribution in [2.75, 3.05) is 5.32 Å². The average molecular weight is 385 g/mol. The molecule has 1 heterocycles. The first kappa shape index (κ1) is 19.6. The first-order chi connectivity index (χ1) is 11.8. The van der Waals surface area contributed by atoms with E-state index in [9.17, 15) is 14.4 Å². The van der Waals surface area contributed by atoms with Gasteiger partial charge in [-0.3, -0.25) is 14.4 Å². The van der Waals surface area contributed by atoms with Gasteiger partial charge in [-0.15, -0.1) is 11.8 Å². The number of benzene rings is 1. The number of hydrogen-bond acceptors (Lipinski definition) is 4. The zero-order chi connectivity index (χ0) is 18.6. The van der Waals surface area contributed by atoms with E-state index < -0.39 is 16.8 Å². The Kier molecular flexibility index (Phi) is 6.35. The molecule has 0 saturated heterocycles. The number of aliphatic carboxylic acids is 1. The van der Waals surface area contributed by atoms with Gasteiger partial charge in [0.25, 0.3) is 0 Å². The first-order valence-corrected chi connectivity index (χ1v) is 9.34. The molecule has 1 unspecified atom stereocenters. The molecule has 136 valence electrons. The number of nitrogens with one attached hydrogen (secondary N) is 2. The van der Waals surface area contributed by atoms with Crippen LogP contribution >= 0.6 is 23.4 Å². The Bertz CT molecular complexity index is 691. The monoisotopic (exact) mass is 384 g/mol. The van der Waals surface area contributed by atoms with Crippen LogP contribution in [0.3, 0.4) is 0 Å². The van der Waals surface area contributed by atoms with Crippen molar-refractivity contribution >= 4 is 46.8 Å². The number of anilines is 1. The number of amides is 2. The fraction of sp³-hybridized carbons (Fsp3) is 0.471. The molecule has 2 amide bonds. The molecule has 0 saturated carbocycles. The lowest BCUT2D eigenvalue weighted by Crippen LogP contribution is -2.50. The lowest BCUT2D eigenvalue weighted by atomic mass is 9.88. The molecule has 8 heteroatoms. The van der Waals surface area contributed by atoms with E-state index in [0.717, 1.165) is 4.90 Å². The van der Waals surface area contributed by atoms with Crippen molar-refractivity contribution in [2.24, 2.45) is 0 Å². The molecule has 1 aromatic rings. The fourth-order valence-corrected chi connectivity index (χ4v) is 4.05. The molecule has 6 nitrogen and oxygen atoms in total. The van der Waals surface area contributed by atoms with Gasteiger partial charge >= 0.3 is 5.97 Å². The summed E-state index contributed by atoms with van der Waals surface area (Å²) in [6, 6.07) is 5.21. The Balaban J connectivity index is 2.06. The van der Waals surface area contributed by atoms with Crippen LogP contribution in [0.2, 0.25) is 5.02 Å². The minimum atomic E-state index is -0.959. The van der Waals surface area contributed by atoms with E-state index in [-0.39, 0.29) is 24.7 Å². The molecule has 0 radical (unpaired) electrons. The lowest BCUT2D eigenvalue weighted by Gasteiger charge is -2.32. The summed E-state index contributed by atoms with van der Waals surface area (Å²) in [6.45, 7) is 3.68. The molecule has 3 N–H and O–H groups in total. The summed E-state index contributed by atoms with van der Waals surface area (Å²) in [7, 11) is 0. The second-order valence-electron chi connectivity index (χ2n) is 6.05. The van der Waals surface area contributed by atoms with E-state index in [2.05, 4.69) is 10.6 Å². The van der Waals surface area contributed by atoms with Gasteiger partial charge in [0.1, 0.15) is 0 Å². The summed E-state index contributed by atoms with van der Waals surface area (Å²) in [4.78, 5) is 36.6. The molecular formula is C17H21ClN2O4S. The third kappa shape index (κ3) is 4.89. The van der Waals surface area contributed by atoms with E-state index in [4.69, 9.17) is 16.7 Å². The molecule has 0 bridgehead atoms. The van der Waals surface area contributed by atoms with Gasteiger partial charge < -0.3 is 15.7 Å². The zero-order valence-electron chi connectivity index (χ0n) is 14.1. The highest BCUT2D eigenvalue weighted by molar-refractivity contribution is 8.01. The number of carboxylic acid groups (broad SMARTS) is 1. The Labute approximate surface area is 155 Å². The number of fused-ring (bicyclic) bond motifs is 1. The van der Waals surface area contributed by atoms with Crippen molar-refractivity contribution in [3.8, 4) is 0 Å². The smallest absolute Gasteiger partial charge is 0.305 e. The van der Waals surface area contributed by atoms with Crippen molar-refractivity contribution in [3.05, 3.63) is 23.2 Å². The van der Waals surface area contributed by atoms with Gasteiger partial charge in [0.2, 0.25) is 11.8 Å². The summed E-state index contributed by atoms with van der Waals surface area (Å²) in [5, 5.41) is 14.6. The summed E-state index contributed by atoms with van der Waals surface area (Å²) >= 11 is 7.23. The quantitative estimate of drug-likeness (QED) is 0.670. The number of halogens is 1. The second kappa shape index (κ2) is 8.10. The van der Waals surface area contributed by atoms with Crippen LogP contribution in [0.1, 0.15) is 39.5 Å². The molecule has 1 aromatic carbocycles. The van der Waals surface area contributed by atoms with Crippen LogP contribution in [0.4, 0.5) is 5.69 Å². The third-order valence-corrected chi connectivity index (χ3v) is 5.89. The number of rotatable bonds is 7. The highest BCUT2D eigenvalue weighted by Gasteiger charge is 2.34. The van der Waals surface area contributed by atoms with Crippen molar-refractivity contribution < 1.29 is 19.5 Å². The summed E-state index contributed by atoms with van der Waals surface area (Å²) in [6.07, 6.45) is 0.858. The average Bonchev–Trinajstić information content (AvgIpc) is 2.54. The van der Waals surface area contributed by atoms with Crippen molar-refractivity contribution in [1.82, 2.24) is 5.32 Å². The van der Waals surface area contributed by atoms with Gasteiger partial charge in [-0.05, 0) is 31.0 Å². The van der Waals surface area contributed by atoms with E-state index in [1.54, 1.807) is 18.2 Å². The first-order valence-electron chi connectivity index (χ1n) is 8.08. The van der Waals surface area contributed by atoms with Crippen LogP contribution in [0.25, 0.3) is 0 Å². The van der Waals surface area contributed by atoms with E-state index in [0.29, 0.717) is 23.6 Å². The van der Waals surface area contributed by atoms with Crippen LogP contribution in [0.5, 0.6) is 0 Å². The normalized spacial score (nSPS) is 16.8. The number of carbonyl (C=O) groups excluding carboxylic acids is 2. The number of carboxylic acids is 1. The van der Waals surface area contributed by atoms with Gasteiger partial charge in [-0.2, -0.15) is 0 Å². The van der Waals surface area contributed by atoms with Gasteiger partial charge in [0.05, 0.1) is 17.4 Å². The summed E-state index contributed by atoms with van der Waals surface area (Å²) in [5.41, 5.74) is -0.147. The minimum absolute atomic E-state index is 0.0140. The predicted octanol–water partition coefficient (Wildman–Crippen LogP) is 3.29. The molecule has 0 spiro atoms. The molecule has 25 heavy (non-hydrogen) atoms. The number of thioether (sulfide) groups is 1. The lowest BCUT2D eigenvalue weighted by molar-refractivity contribution is -0.139. The Morgan fingerprint density at radius 3 is 2.64 bits per heavy atom. The number of hydrogen-bond donors (Lipinski definition) is 3. The van der Waals surface area contributed by atoms with Gasteiger partial charge in [0.15, 0.2) is 0 Å². The molecule has 1 atom stereocenters. The fourth-order valence-electron chi connectivity index (χ4n) is 2.78. The maximum Gasteiger partial charge on any atom is 0.305 e. The van der Waals surface area contributed by atoms with Crippen LogP contribution in [0, 0.1) is 0 Å². The van der Waals surface area contributed by atoms with Gasteiger partial charge in [-0.1, -0.05) is 25.4 Å². The Hall–Kier alpha value is -1.73. The Morgan fingerprint density at radius 2 is 2.04 bits per heavy atom. The topological polar surface area (TPSA) is 95.5 Å². The van der Waals surface area contributed by atoms with Crippen LogP contribution in [-0.4, -0.2) is 33.7 Å². The zero-order valence-corrected chi connectivity index (χ0v) is 15.7. The van der Waals surface area contributed by atoms with Crippen LogP contribution in [0.15, 0.2) is 23.1 Å². The number of carbonyl (C=O) groups is 3. The molecular weight excluding hydrogens is 364 g/mol. The van der Waals surface area contributed by atoms with E-state index >= 15 is 0 Å². The highest BCUT2D eigenvalue weighted by atomic mass is 35.5. The third-order valence-electron chi connectivity index (χ3n) is 4.38. The predicted molar refractivity (Wildman–Crippen MR) is 98.1 cm³/mol. The van der Waals surface area contributed by atoms with Crippen LogP contribution in [-0.2, 0) is 14.4 Å². The molecule has 2 rings (SSSR count). The standard InChI is InChI=1S/C17H21ClN2O4S/c1-3-17(4-2,9-15(22)23)20-14(21)8-13-16(24)19-11-7-10(18)5-6-12(11)25-13/h5-7,13H,3-4,8-9H2,1-2H3,(H,19,24)(H,20,21)(H,22,23). The largest absolute Gasteiger partial charge is 0.481 e. The second-order valence-corrected chi connectivity index (χ2v) is 7.73. The van der Waals surface area contributed by atoms with Gasteiger partial charge in [-0.25, -0.2) is 0 Å². The van der Waals surface area contributed by atoms with Crippen LogP contribution < -0.4 is 10.6 Å². The molecule has 1 aliphatic rings. The maximum absolute atomic E-state index is 12.4. The van der Waals surface area contributed by atoms with Crippen molar-refractivity contribution in [3.63, 3.8) is 0 Å². The highest BCUT2D eigenvalue weighted by Crippen LogP contribution is 2.38. The van der Waals surface area contributed by atoms with Crippen molar-refractivity contribution in [2.45, 2.75) is 55.2 Å². The minimum Gasteiger partial charge on any atom is -0.481 e. The Morgan fingerprint density at radius 1 is 1.36 bits per heavy atom. The molecule has 0 aliphatic carbocycles. The molecule has 0 aromatic heterocycles. The molecule has 1 aliphatic heterocycles. The molecule has 0 fully saturated rings.